The Labute approximate surface area is 124 Å². The minimum atomic E-state index is -3.77. The fourth-order valence-corrected chi connectivity index (χ4v) is 3.34. The highest BCUT2D eigenvalue weighted by Gasteiger charge is 2.25. The number of carboxylic acid groups (broad SMARTS) is 1. The van der Waals surface area contributed by atoms with Crippen molar-refractivity contribution in [3.05, 3.63) is 23.8 Å². The van der Waals surface area contributed by atoms with Gasteiger partial charge in [0.1, 0.15) is 4.90 Å². The van der Waals surface area contributed by atoms with E-state index in [4.69, 9.17) is 15.6 Å². The van der Waals surface area contributed by atoms with E-state index in [1.54, 1.807) is 6.92 Å². The van der Waals surface area contributed by atoms with Crippen LogP contribution in [0.5, 0.6) is 0 Å². The second kappa shape index (κ2) is 7.39. The molecule has 0 aliphatic rings. The Bertz CT molecular complexity index is 601. The van der Waals surface area contributed by atoms with E-state index in [1.165, 1.54) is 16.4 Å². The smallest absolute Gasteiger partial charge is 0.335 e. The summed E-state index contributed by atoms with van der Waals surface area (Å²) in [4.78, 5) is 10.8. The van der Waals surface area contributed by atoms with E-state index in [2.05, 4.69) is 0 Å². The number of likely N-dealkylation sites (N-methyl/N-ethyl adjacent to an activating group) is 1. The number of ether oxygens (including phenoxy) is 1. The molecule has 0 aromatic heterocycles. The van der Waals surface area contributed by atoms with Crippen LogP contribution in [-0.4, -0.2) is 50.1 Å². The Balaban J connectivity index is 3.08. The van der Waals surface area contributed by atoms with E-state index in [0.29, 0.717) is 6.61 Å². The van der Waals surface area contributed by atoms with Crippen LogP contribution in [0.15, 0.2) is 23.1 Å². The van der Waals surface area contributed by atoms with Crippen LogP contribution in [0.3, 0.4) is 0 Å². The monoisotopic (exact) mass is 316 g/mol. The number of carbonyl (C=O) groups is 1. The lowest BCUT2D eigenvalue weighted by Gasteiger charge is -2.21. The number of nitrogen functional groups attached to an aromatic ring is 1. The van der Waals surface area contributed by atoms with Crippen molar-refractivity contribution in [1.82, 2.24) is 4.31 Å². The van der Waals surface area contributed by atoms with Gasteiger partial charge >= 0.3 is 5.97 Å². The topological polar surface area (TPSA) is 110 Å². The van der Waals surface area contributed by atoms with Crippen molar-refractivity contribution in [3.8, 4) is 0 Å². The van der Waals surface area contributed by atoms with Crippen LogP contribution in [0.1, 0.15) is 24.2 Å². The number of nitrogens with two attached hydrogens (primary N) is 1. The van der Waals surface area contributed by atoms with Gasteiger partial charge in [-0.05, 0) is 25.1 Å². The molecule has 0 atom stereocenters. The molecular formula is C13H20N2O5S. The van der Waals surface area contributed by atoms with Crippen molar-refractivity contribution in [2.24, 2.45) is 0 Å². The molecule has 21 heavy (non-hydrogen) atoms. The average molecular weight is 316 g/mol. The van der Waals surface area contributed by atoms with Gasteiger partial charge in [0.25, 0.3) is 0 Å². The lowest BCUT2D eigenvalue weighted by molar-refractivity contribution is 0.0697. The Morgan fingerprint density at radius 1 is 1.38 bits per heavy atom. The summed E-state index contributed by atoms with van der Waals surface area (Å²) in [7, 11) is -3.77. The van der Waals surface area contributed by atoms with Crippen molar-refractivity contribution in [1.29, 1.82) is 0 Å². The van der Waals surface area contributed by atoms with Crippen LogP contribution >= 0.6 is 0 Å². The molecule has 1 rings (SSSR count). The molecule has 0 aliphatic carbocycles. The summed E-state index contributed by atoms with van der Waals surface area (Å²) in [5.74, 6) is -1.16. The molecule has 0 unspecified atom stereocenters. The minimum Gasteiger partial charge on any atom is -0.478 e. The maximum Gasteiger partial charge on any atom is 0.335 e. The first-order valence-electron chi connectivity index (χ1n) is 6.55. The zero-order valence-corrected chi connectivity index (χ0v) is 12.9. The van der Waals surface area contributed by atoms with Crippen molar-refractivity contribution in [2.45, 2.75) is 18.7 Å². The van der Waals surface area contributed by atoms with Crippen LogP contribution in [-0.2, 0) is 14.8 Å². The Hall–Kier alpha value is -1.64. The Morgan fingerprint density at radius 2 is 2.05 bits per heavy atom. The first-order chi connectivity index (χ1) is 9.84. The van der Waals surface area contributed by atoms with Crippen molar-refractivity contribution in [3.63, 3.8) is 0 Å². The number of aromatic carboxylic acids is 1. The van der Waals surface area contributed by atoms with Crippen LogP contribution in [0.4, 0.5) is 5.69 Å². The number of benzene rings is 1. The van der Waals surface area contributed by atoms with E-state index in [9.17, 15) is 13.2 Å². The molecule has 8 heteroatoms. The molecule has 118 valence electrons. The summed E-state index contributed by atoms with van der Waals surface area (Å²) >= 11 is 0. The van der Waals surface area contributed by atoms with Crippen molar-refractivity contribution >= 4 is 21.7 Å². The third-order valence-corrected chi connectivity index (χ3v) is 4.96. The number of rotatable bonds is 8. The van der Waals surface area contributed by atoms with Gasteiger partial charge in [0, 0.05) is 19.7 Å². The predicted molar refractivity (Wildman–Crippen MR) is 78.7 cm³/mol. The zero-order chi connectivity index (χ0) is 16.0. The zero-order valence-electron chi connectivity index (χ0n) is 12.1. The number of nitrogens with zero attached hydrogens (tertiary/aromatic N) is 1. The second-order valence-electron chi connectivity index (χ2n) is 4.25. The van der Waals surface area contributed by atoms with Gasteiger partial charge in [0.15, 0.2) is 0 Å². The lowest BCUT2D eigenvalue weighted by atomic mass is 10.2. The average Bonchev–Trinajstić information content (AvgIpc) is 2.42. The summed E-state index contributed by atoms with van der Waals surface area (Å²) in [6.45, 7) is 4.82. The van der Waals surface area contributed by atoms with Crippen LogP contribution in [0.25, 0.3) is 0 Å². The quantitative estimate of drug-likeness (QED) is 0.547. The van der Waals surface area contributed by atoms with Crippen LogP contribution in [0.2, 0.25) is 0 Å². The Kier molecular flexibility index (Phi) is 6.13. The highest BCUT2D eigenvalue weighted by molar-refractivity contribution is 7.89. The van der Waals surface area contributed by atoms with Crippen LogP contribution in [0, 0.1) is 0 Å². The van der Waals surface area contributed by atoms with Gasteiger partial charge in [-0.1, -0.05) is 6.92 Å². The third kappa shape index (κ3) is 4.16. The maximum absolute atomic E-state index is 12.5. The standard InChI is InChI=1S/C13H20N2O5S/c1-3-15(7-8-20-4-2)21(18,19)12-6-5-10(13(16)17)9-11(12)14/h5-6,9H,3-4,7-8,14H2,1-2H3,(H,16,17). The van der Waals surface area contributed by atoms with E-state index in [1.807, 2.05) is 6.92 Å². The summed E-state index contributed by atoms with van der Waals surface area (Å²) < 4.78 is 31.4. The number of hydrogen-bond donors (Lipinski definition) is 2. The van der Waals surface area contributed by atoms with Gasteiger partial charge in [-0.2, -0.15) is 4.31 Å². The first-order valence-corrected chi connectivity index (χ1v) is 7.99. The molecule has 1 aromatic carbocycles. The van der Waals surface area contributed by atoms with E-state index in [0.717, 1.165) is 6.07 Å². The van der Waals surface area contributed by atoms with Crippen molar-refractivity contribution < 1.29 is 23.1 Å². The van der Waals surface area contributed by atoms with E-state index in [-0.39, 0.29) is 35.8 Å². The highest BCUT2D eigenvalue weighted by atomic mass is 32.2. The van der Waals surface area contributed by atoms with Gasteiger partial charge in [0.2, 0.25) is 10.0 Å². The highest BCUT2D eigenvalue weighted by Crippen LogP contribution is 2.23. The molecule has 0 spiro atoms. The van der Waals surface area contributed by atoms with Gasteiger partial charge < -0.3 is 15.6 Å². The largest absolute Gasteiger partial charge is 0.478 e. The number of hydrogen-bond acceptors (Lipinski definition) is 5. The summed E-state index contributed by atoms with van der Waals surface area (Å²) in [6.07, 6.45) is 0. The summed E-state index contributed by atoms with van der Waals surface area (Å²) in [5.41, 5.74) is 5.56. The molecule has 7 nitrogen and oxygen atoms in total. The molecule has 0 fully saturated rings. The van der Waals surface area contributed by atoms with Gasteiger partial charge in [0.05, 0.1) is 17.9 Å². The van der Waals surface area contributed by atoms with Gasteiger partial charge in [-0.15, -0.1) is 0 Å². The molecule has 0 saturated heterocycles. The summed E-state index contributed by atoms with van der Waals surface area (Å²) in [6, 6.07) is 3.59. The fourth-order valence-electron chi connectivity index (χ4n) is 1.81. The Morgan fingerprint density at radius 3 is 2.52 bits per heavy atom. The molecular weight excluding hydrogens is 296 g/mol. The third-order valence-electron chi connectivity index (χ3n) is 2.92. The van der Waals surface area contributed by atoms with Gasteiger partial charge in [-0.25, -0.2) is 13.2 Å². The normalized spacial score (nSPS) is 11.8. The van der Waals surface area contributed by atoms with Gasteiger partial charge in [-0.3, -0.25) is 0 Å². The molecule has 0 amide bonds. The predicted octanol–water partition coefficient (Wildman–Crippen LogP) is 1.01. The fraction of sp³-hybridized carbons (Fsp3) is 0.462. The van der Waals surface area contributed by atoms with Crippen LogP contribution < -0.4 is 5.73 Å². The molecule has 0 heterocycles. The van der Waals surface area contributed by atoms with Crippen molar-refractivity contribution in [2.75, 3.05) is 32.0 Å². The second-order valence-corrected chi connectivity index (χ2v) is 6.16. The maximum atomic E-state index is 12.5. The lowest BCUT2D eigenvalue weighted by Crippen LogP contribution is -2.34. The molecule has 0 radical (unpaired) electrons. The molecule has 0 bridgehead atoms. The number of anilines is 1. The molecule has 0 saturated carbocycles. The summed E-state index contributed by atoms with van der Waals surface area (Å²) in [5, 5.41) is 8.87. The minimum absolute atomic E-state index is 0.0520. The van der Waals surface area contributed by atoms with E-state index < -0.39 is 16.0 Å². The molecule has 3 N–H and O–H groups in total. The first kappa shape index (κ1) is 17.4. The number of sulfonamides is 1. The number of carboxylic acids is 1. The SMILES string of the molecule is CCOCCN(CC)S(=O)(=O)c1ccc(C(=O)O)cc1N. The molecule has 0 aliphatic heterocycles. The molecule has 1 aromatic rings. The van der Waals surface area contributed by atoms with E-state index >= 15 is 0 Å².